The van der Waals surface area contributed by atoms with E-state index >= 15 is 0 Å². The Balaban J connectivity index is 1.58. The van der Waals surface area contributed by atoms with Gasteiger partial charge in [-0.25, -0.2) is 0 Å². The summed E-state index contributed by atoms with van der Waals surface area (Å²) in [7, 11) is 0. The largest absolute Gasteiger partial charge is 0.368 e. The number of carbonyl (C=O) groups is 2. The van der Waals surface area contributed by atoms with Crippen molar-refractivity contribution < 1.29 is 9.59 Å². The van der Waals surface area contributed by atoms with Gasteiger partial charge < -0.3 is 14.7 Å². The molecule has 2 amide bonds. The van der Waals surface area contributed by atoms with Gasteiger partial charge in [-0.05, 0) is 39.0 Å². The van der Waals surface area contributed by atoms with Gasteiger partial charge in [0.15, 0.2) is 0 Å². The molecule has 2 aliphatic heterocycles. The molecular formula is C19H26ClN3O2. The molecule has 1 aromatic rings. The van der Waals surface area contributed by atoms with Gasteiger partial charge in [-0.2, -0.15) is 0 Å². The van der Waals surface area contributed by atoms with Gasteiger partial charge in [0.2, 0.25) is 11.8 Å². The summed E-state index contributed by atoms with van der Waals surface area (Å²) in [6.07, 6.45) is 0.338. The zero-order chi connectivity index (χ0) is 18.2. The third kappa shape index (κ3) is 3.92. The summed E-state index contributed by atoms with van der Waals surface area (Å²) in [4.78, 5) is 31.0. The maximum atomic E-state index is 12.8. The second-order valence-corrected chi connectivity index (χ2v) is 8.30. The Morgan fingerprint density at radius 2 is 1.84 bits per heavy atom. The number of piperazine rings is 1. The van der Waals surface area contributed by atoms with Crippen LogP contribution in [-0.4, -0.2) is 59.9 Å². The van der Waals surface area contributed by atoms with Crippen LogP contribution in [0.15, 0.2) is 24.3 Å². The molecule has 5 nitrogen and oxygen atoms in total. The first-order valence-electron chi connectivity index (χ1n) is 8.85. The van der Waals surface area contributed by atoms with Gasteiger partial charge in [0.25, 0.3) is 0 Å². The average Bonchev–Trinajstić information content (AvgIpc) is 2.96. The molecule has 2 saturated heterocycles. The van der Waals surface area contributed by atoms with E-state index in [1.165, 1.54) is 0 Å². The standard InChI is InChI=1S/C19H26ClN3O2/c1-19(2,3)23-13-14(11-17(23)24)18(25)22-9-7-21(8-10-22)16-6-4-5-15(20)12-16/h4-6,12,14H,7-11,13H2,1-3H3. The SMILES string of the molecule is CC(C)(C)N1CC(C(=O)N2CCN(c3cccc(Cl)c3)CC2)CC1=O. The second-order valence-electron chi connectivity index (χ2n) is 7.87. The van der Waals surface area contributed by atoms with E-state index in [-0.39, 0.29) is 23.3 Å². The van der Waals surface area contributed by atoms with E-state index < -0.39 is 0 Å². The molecule has 0 saturated carbocycles. The van der Waals surface area contributed by atoms with Crippen LogP contribution in [0, 0.1) is 5.92 Å². The van der Waals surface area contributed by atoms with Crippen LogP contribution in [0.5, 0.6) is 0 Å². The van der Waals surface area contributed by atoms with Gasteiger partial charge in [-0.15, -0.1) is 0 Å². The third-order valence-corrected chi connectivity index (χ3v) is 5.28. The number of anilines is 1. The van der Waals surface area contributed by atoms with E-state index in [0.717, 1.165) is 23.8 Å². The Hall–Kier alpha value is -1.75. The zero-order valence-corrected chi connectivity index (χ0v) is 15.9. The van der Waals surface area contributed by atoms with Gasteiger partial charge >= 0.3 is 0 Å². The summed E-state index contributed by atoms with van der Waals surface area (Å²) < 4.78 is 0. The fourth-order valence-corrected chi connectivity index (χ4v) is 3.82. The van der Waals surface area contributed by atoms with Crippen LogP contribution in [0.25, 0.3) is 0 Å². The molecule has 0 aliphatic carbocycles. The van der Waals surface area contributed by atoms with Gasteiger partial charge in [0.05, 0.1) is 5.92 Å². The van der Waals surface area contributed by atoms with Crippen molar-refractivity contribution in [3.05, 3.63) is 29.3 Å². The lowest BCUT2D eigenvalue weighted by Crippen LogP contribution is -2.51. The number of amides is 2. The minimum Gasteiger partial charge on any atom is -0.368 e. The van der Waals surface area contributed by atoms with Crippen molar-refractivity contribution in [2.75, 3.05) is 37.6 Å². The Morgan fingerprint density at radius 1 is 1.16 bits per heavy atom. The molecule has 2 aliphatic rings. The van der Waals surface area contributed by atoms with Crippen molar-refractivity contribution in [1.82, 2.24) is 9.80 Å². The summed E-state index contributed by atoms with van der Waals surface area (Å²) in [6, 6.07) is 7.80. The Bertz CT molecular complexity index is 663. The molecule has 6 heteroatoms. The summed E-state index contributed by atoms with van der Waals surface area (Å²) >= 11 is 6.07. The predicted octanol–water partition coefficient (Wildman–Crippen LogP) is 2.64. The van der Waals surface area contributed by atoms with Crippen LogP contribution in [0.4, 0.5) is 5.69 Å². The summed E-state index contributed by atoms with van der Waals surface area (Å²) in [5.74, 6) is -0.00120. The van der Waals surface area contributed by atoms with Gasteiger partial charge in [-0.3, -0.25) is 9.59 Å². The van der Waals surface area contributed by atoms with E-state index in [4.69, 9.17) is 11.6 Å². The molecule has 3 rings (SSSR count). The Labute approximate surface area is 154 Å². The number of hydrogen-bond acceptors (Lipinski definition) is 3. The van der Waals surface area contributed by atoms with Crippen LogP contribution in [0.2, 0.25) is 5.02 Å². The van der Waals surface area contributed by atoms with E-state index in [0.29, 0.717) is 26.1 Å². The van der Waals surface area contributed by atoms with E-state index in [2.05, 4.69) is 4.90 Å². The normalized spacial score (nSPS) is 21.8. The topological polar surface area (TPSA) is 43.9 Å². The minimum absolute atomic E-state index is 0.0865. The molecule has 136 valence electrons. The highest BCUT2D eigenvalue weighted by Gasteiger charge is 2.41. The zero-order valence-electron chi connectivity index (χ0n) is 15.2. The van der Waals surface area contributed by atoms with Crippen LogP contribution >= 0.6 is 11.6 Å². The first-order valence-corrected chi connectivity index (χ1v) is 9.23. The van der Waals surface area contributed by atoms with Gasteiger partial charge in [0, 0.05) is 55.4 Å². The lowest BCUT2D eigenvalue weighted by atomic mass is 10.1. The molecule has 25 heavy (non-hydrogen) atoms. The van der Waals surface area contributed by atoms with Crippen LogP contribution in [0.3, 0.4) is 0 Å². The molecule has 1 aromatic carbocycles. The fourth-order valence-electron chi connectivity index (χ4n) is 3.64. The lowest BCUT2D eigenvalue weighted by molar-refractivity contribution is -0.136. The van der Waals surface area contributed by atoms with Crippen LogP contribution in [-0.2, 0) is 9.59 Å². The monoisotopic (exact) mass is 363 g/mol. The van der Waals surface area contributed by atoms with E-state index in [1.54, 1.807) is 0 Å². The summed E-state index contributed by atoms with van der Waals surface area (Å²) in [6.45, 7) is 9.53. The number of benzene rings is 1. The van der Waals surface area contributed by atoms with Crippen molar-refractivity contribution in [1.29, 1.82) is 0 Å². The third-order valence-electron chi connectivity index (χ3n) is 5.05. The first-order chi connectivity index (χ1) is 11.8. The Kier molecular flexibility index (Phi) is 4.96. The highest BCUT2D eigenvalue weighted by molar-refractivity contribution is 6.30. The highest BCUT2D eigenvalue weighted by atomic mass is 35.5. The van der Waals surface area contributed by atoms with Gasteiger partial charge in [-0.1, -0.05) is 17.7 Å². The number of likely N-dealkylation sites (tertiary alicyclic amines) is 1. The molecule has 0 aromatic heterocycles. The first kappa shape index (κ1) is 18.1. The van der Waals surface area contributed by atoms with Crippen LogP contribution < -0.4 is 4.90 Å². The smallest absolute Gasteiger partial charge is 0.228 e. The van der Waals surface area contributed by atoms with Gasteiger partial charge in [0.1, 0.15) is 0 Å². The van der Waals surface area contributed by atoms with Crippen molar-refractivity contribution in [3.63, 3.8) is 0 Å². The van der Waals surface area contributed by atoms with E-state index in [1.807, 2.05) is 54.8 Å². The summed E-state index contributed by atoms with van der Waals surface area (Å²) in [5.41, 5.74) is 0.867. The number of hydrogen-bond donors (Lipinski definition) is 0. The maximum absolute atomic E-state index is 12.8. The molecule has 0 spiro atoms. The average molecular weight is 364 g/mol. The molecule has 1 atom stereocenters. The highest BCUT2D eigenvalue weighted by Crippen LogP contribution is 2.28. The number of halogens is 1. The molecule has 0 N–H and O–H groups in total. The quantitative estimate of drug-likeness (QED) is 0.811. The summed E-state index contributed by atoms with van der Waals surface area (Å²) in [5, 5.41) is 0.725. The number of nitrogens with zero attached hydrogens (tertiary/aromatic N) is 3. The molecular weight excluding hydrogens is 338 g/mol. The fraction of sp³-hybridized carbons (Fsp3) is 0.579. The lowest BCUT2D eigenvalue weighted by Gasteiger charge is -2.37. The van der Waals surface area contributed by atoms with Crippen molar-refractivity contribution in [2.45, 2.75) is 32.7 Å². The van der Waals surface area contributed by atoms with Crippen LogP contribution in [0.1, 0.15) is 27.2 Å². The molecule has 2 fully saturated rings. The van der Waals surface area contributed by atoms with Crippen molar-refractivity contribution >= 4 is 29.1 Å². The Morgan fingerprint density at radius 3 is 2.40 bits per heavy atom. The minimum atomic E-state index is -0.225. The molecule has 0 bridgehead atoms. The predicted molar refractivity (Wildman–Crippen MR) is 99.8 cm³/mol. The maximum Gasteiger partial charge on any atom is 0.228 e. The molecule has 2 heterocycles. The van der Waals surface area contributed by atoms with Crippen molar-refractivity contribution in [3.8, 4) is 0 Å². The molecule has 0 radical (unpaired) electrons. The number of rotatable bonds is 2. The second kappa shape index (κ2) is 6.87. The van der Waals surface area contributed by atoms with Crippen molar-refractivity contribution in [2.24, 2.45) is 5.92 Å². The van der Waals surface area contributed by atoms with E-state index in [9.17, 15) is 9.59 Å². The molecule has 1 unspecified atom stereocenters. The number of carbonyl (C=O) groups excluding carboxylic acids is 2.